The third kappa shape index (κ3) is 2.38. The molecule has 3 rings (SSSR count). The molecule has 0 spiro atoms. The highest BCUT2D eigenvalue weighted by Gasteiger charge is 2.35. The lowest BCUT2D eigenvalue weighted by Gasteiger charge is -2.45. The molecule has 0 aromatic heterocycles. The summed E-state index contributed by atoms with van der Waals surface area (Å²) in [5.74, 6) is 0.0319. The molecule has 1 aromatic rings. The molecule has 2 atom stereocenters. The van der Waals surface area contributed by atoms with Crippen LogP contribution in [0.4, 0.5) is 5.69 Å². The van der Waals surface area contributed by atoms with Gasteiger partial charge in [-0.2, -0.15) is 0 Å². The van der Waals surface area contributed by atoms with Crippen LogP contribution in [0.1, 0.15) is 31.2 Å². The molecule has 2 aliphatic rings. The second-order valence-corrected chi connectivity index (χ2v) is 5.91. The van der Waals surface area contributed by atoms with Gasteiger partial charge in [-0.1, -0.05) is 30.5 Å². The van der Waals surface area contributed by atoms with Crippen molar-refractivity contribution in [2.75, 3.05) is 18.1 Å². The molecule has 0 radical (unpaired) electrons. The molecular formula is C15H20ClN3O. The van der Waals surface area contributed by atoms with Gasteiger partial charge in [0.25, 0.3) is 0 Å². The number of nitrogen functional groups attached to an aromatic ring is 1. The second kappa shape index (κ2) is 5.62. The zero-order valence-corrected chi connectivity index (χ0v) is 12.2. The topological polar surface area (TPSA) is 62.3 Å². The molecule has 1 aromatic carbocycles. The summed E-state index contributed by atoms with van der Waals surface area (Å²) >= 11 is 6.24. The summed E-state index contributed by atoms with van der Waals surface area (Å²) in [5, 5.41) is 8.35. The first-order valence-electron chi connectivity index (χ1n) is 7.19. The number of hydrogen-bond donors (Lipinski definition) is 2. The molecular weight excluding hydrogens is 274 g/mol. The van der Waals surface area contributed by atoms with E-state index in [1.807, 2.05) is 12.1 Å². The van der Waals surface area contributed by atoms with E-state index in [1.54, 1.807) is 6.07 Å². The van der Waals surface area contributed by atoms with Crippen LogP contribution in [-0.4, -0.2) is 31.1 Å². The van der Waals surface area contributed by atoms with Crippen molar-refractivity contribution in [3.63, 3.8) is 0 Å². The maximum absolute atomic E-state index is 7.80. The van der Waals surface area contributed by atoms with E-state index in [-0.39, 0.29) is 5.84 Å². The molecule has 1 saturated carbocycles. The van der Waals surface area contributed by atoms with Crippen LogP contribution in [0, 0.1) is 5.41 Å². The number of nitrogens with one attached hydrogen (secondary N) is 1. The molecule has 5 heteroatoms. The van der Waals surface area contributed by atoms with Gasteiger partial charge in [-0.05, 0) is 25.0 Å². The van der Waals surface area contributed by atoms with Crippen LogP contribution in [0.5, 0.6) is 0 Å². The van der Waals surface area contributed by atoms with Crippen LogP contribution in [0.15, 0.2) is 18.2 Å². The van der Waals surface area contributed by atoms with Gasteiger partial charge in [0.1, 0.15) is 5.84 Å². The fraction of sp³-hybridized carbons (Fsp3) is 0.533. The predicted molar refractivity (Wildman–Crippen MR) is 81.8 cm³/mol. The van der Waals surface area contributed by atoms with E-state index >= 15 is 0 Å². The first-order valence-corrected chi connectivity index (χ1v) is 7.57. The van der Waals surface area contributed by atoms with Crippen LogP contribution in [-0.2, 0) is 4.74 Å². The van der Waals surface area contributed by atoms with E-state index in [0.717, 1.165) is 31.7 Å². The minimum absolute atomic E-state index is 0.0319. The Morgan fingerprint density at radius 1 is 1.35 bits per heavy atom. The lowest BCUT2D eigenvalue weighted by molar-refractivity contribution is -0.00868. The van der Waals surface area contributed by atoms with Gasteiger partial charge in [0.2, 0.25) is 0 Å². The van der Waals surface area contributed by atoms with Crippen LogP contribution in [0.2, 0.25) is 5.02 Å². The Hall–Kier alpha value is -1.26. The highest BCUT2D eigenvalue weighted by atomic mass is 35.5. The van der Waals surface area contributed by atoms with Gasteiger partial charge in [0.05, 0.1) is 29.3 Å². The fourth-order valence-corrected chi connectivity index (χ4v) is 3.69. The number of benzene rings is 1. The lowest BCUT2D eigenvalue weighted by Crippen LogP contribution is -2.53. The summed E-state index contributed by atoms with van der Waals surface area (Å²) in [4.78, 5) is 2.34. The highest BCUT2D eigenvalue weighted by molar-refractivity contribution is 6.34. The summed E-state index contributed by atoms with van der Waals surface area (Å²) < 4.78 is 5.90. The van der Waals surface area contributed by atoms with E-state index < -0.39 is 0 Å². The van der Waals surface area contributed by atoms with Crippen molar-refractivity contribution in [2.24, 2.45) is 5.73 Å². The standard InChI is InChI=1S/C15H20ClN3O/c16-10-4-3-6-12(14(10)15(17)18)19-8-9-20-13-7-2-1-5-11(13)19/h3-4,6,11,13H,1-2,5,7-9H2,(H3,17,18). The molecule has 4 nitrogen and oxygen atoms in total. The number of nitrogens with two attached hydrogens (primary N) is 1. The molecule has 1 saturated heterocycles. The van der Waals surface area contributed by atoms with E-state index in [2.05, 4.69) is 4.90 Å². The van der Waals surface area contributed by atoms with Crippen LogP contribution < -0.4 is 10.6 Å². The summed E-state index contributed by atoms with van der Waals surface area (Å²) in [6.45, 7) is 1.56. The number of halogens is 1. The lowest BCUT2D eigenvalue weighted by atomic mass is 9.89. The summed E-state index contributed by atoms with van der Waals surface area (Å²) in [6, 6.07) is 6.12. The molecule has 0 amide bonds. The number of anilines is 1. The Bertz CT molecular complexity index is 518. The van der Waals surface area contributed by atoms with Crippen molar-refractivity contribution in [3.8, 4) is 0 Å². The Kier molecular flexibility index (Phi) is 3.85. The summed E-state index contributed by atoms with van der Waals surface area (Å²) in [6.07, 6.45) is 5.03. The monoisotopic (exact) mass is 293 g/mol. The van der Waals surface area contributed by atoms with Gasteiger partial charge in [0.15, 0.2) is 0 Å². The maximum atomic E-state index is 7.80. The first kappa shape index (κ1) is 13.7. The molecule has 108 valence electrons. The van der Waals surface area contributed by atoms with Crippen LogP contribution >= 0.6 is 11.6 Å². The summed E-state index contributed by atoms with van der Waals surface area (Å²) in [5.41, 5.74) is 7.36. The molecule has 1 aliphatic carbocycles. The van der Waals surface area contributed by atoms with E-state index in [9.17, 15) is 0 Å². The SMILES string of the molecule is N=C(N)c1c(Cl)cccc1N1CCOC2CCCCC21. The van der Waals surface area contributed by atoms with Crippen molar-refractivity contribution in [2.45, 2.75) is 37.8 Å². The Labute approximate surface area is 124 Å². The van der Waals surface area contributed by atoms with E-state index in [1.165, 1.54) is 12.8 Å². The number of hydrogen-bond acceptors (Lipinski definition) is 3. The zero-order valence-electron chi connectivity index (χ0n) is 11.4. The third-order valence-electron chi connectivity index (χ3n) is 4.30. The predicted octanol–water partition coefficient (Wildman–Crippen LogP) is 2.77. The maximum Gasteiger partial charge on any atom is 0.126 e. The number of morpholine rings is 1. The molecule has 1 heterocycles. The Morgan fingerprint density at radius 2 is 2.15 bits per heavy atom. The van der Waals surface area contributed by atoms with Gasteiger partial charge in [-0.15, -0.1) is 0 Å². The average molecular weight is 294 g/mol. The number of fused-ring (bicyclic) bond motifs is 1. The van der Waals surface area contributed by atoms with Gasteiger partial charge in [-0.25, -0.2) is 0 Å². The number of nitrogens with zero attached hydrogens (tertiary/aromatic N) is 1. The number of rotatable bonds is 2. The van der Waals surface area contributed by atoms with Crippen molar-refractivity contribution < 1.29 is 4.74 Å². The zero-order chi connectivity index (χ0) is 14.1. The summed E-state index contributed by atoms with van der Waals surface area (Å²) in [7, 11) is 0. The van der Waals surface area contributed by atoms with Crippen molar-refractivity contribution in [1.29, 1.82) is 5.41 Å². The van der Waals surface area contributed by atoms with Crippen molar-refractivity contribution in [3.05, 3.63) is 28.8 Å². The molecule has 2 fully saturated rings. The molecule has 20 heavy (non-hydrogen) atoms. The van der Waals surface area contributed by atoms with Crippen molar-refractivity contribution >= 4 is 23.1 Å². The smallest absolute Gasteiger partial charge is 0.126 e. The average Bonchev–Trinajstić information content (AvgIpc) is 2.46. The third-order valence-corrected chi connectivity index (χ3v) is 4.62. The quantitative estimate of drug-likeness (QED) is 0.651. The van der Waals surface area contributed by atoms with Crippen LogP contribution in [0.3, 0.4) is 0 Å². The van der Waals surface area contributed by atoms with Gasteiger partial charge in [0, 0.05) is 12.2 Å². The minimum atomic E-state index is 0.0319. The molecule has 2 unspecified atom stereocenters. The molecule has 0 bridgehead atoms. The molecule has 3 N–H and O–H groups in total. The Morgan fingerprint density at radius 3 is 2.95 bits per heavy atom. The van der Waals surface area contributed by atoms with Gasteiger partial charge < -0.3 is 15.4 Å². The van der Waals surface area contributed by atoms with Gasteiger partial charge in [-0.3, -0.25) is 5.41 Å². The van der Waals surface area contributed by atoms with E-state index in [4.69, 9.17) is 27.5 Å². The number of amidine groups is 1. The first-order chi connectivity index (χ1) is 9.68. The highest BCUT2D eigenvalue weighted by Crippen LogP contribution is 2.35. The molecule has 1 aliphatic heterocycles. The normalized spacial score (nSPS) is 26.1. The second-order valence-electron chi connectivity index (χ2n) is 5.50. The van der Waals surface area contributed by atoms with Crippen molar-refractivity contribution in [1.82, 2.24) is 0 Å². The minimum Gasteiger partial charge on any atom is -0.384 e. The van der Waals surface area contributed by atoms with Crippen LogP contribution in [0.25, 0.3) is 0 Å². The van der Waals surface area contributed by atoms with Gasteiger partial charge >= 0.3 is 0 Å². The van der Waals surface area contributed by atoms with E-state index in [0.29, 0.717) is 22.7 Å². The largest absolute Gasteiger partial charge is 0.384 e. The Balaban J connectivity index is 1.99. The number of ether oxygens (including phenoxy) is 1. The fourth-order valence-electron chi connectivity index (χ4n) is 3.41.